The number of hydrogen-bond acceptors (Lipinski definition) is 6. The number of hydrogen-bond donors (Lipinski definition) is 1. The number of carbonyl (C=O) groups excluding carboxylic acids is 1. The third-order valence-corrected chi connectivity index (χ3v) is 6.43. The Morgan fingerprint density at radius 3 is 2.78 bits per heavy atom. The second-order valence-electron chi connectivity index (χ2n) is 7.15. The lowest BCUT2D eigenvalue weighted by molar-refractivity contribution is 0.172. The zero-order valence-electron chi connectivity index (χ0n) is 15.7. The molecular formula is C19H26N6OS. The summed E-state index contributed by atoms with van der Waals surface area (Å²) in [4.78, 5) is 29.1. The summed E-state index contributed by atoms with van der Waals surface area (Å²) in [6, 6.07) is 4.41. The van der Waals surface area contributed by atoms with Crippen molar-refractivity contribution in [2.45, 2.75) is 25.9 Å². The number of piperazine rings is 1. The molecule has 1 atom stereocenters. The van der Waals surface area contributed by atoms with Gasteiger partial charge < -0.3 is 15.1 Å². The molecule has 0 radical (unpaired) electrons. The third kappa shape index (κ3) is 4.22. The lowest BCUT2D eigenvalue weighted by Crippen LogP contribution is -2.54. The molecular weight excluding hydrogens is 360 g/mol. The molecule has 144 valence electrons. The van der Waals surface area contributed by atoms with E-state index in [0.29, 0.717) is 25.7 Å². The number of fused-ring (bicyclic) bond motifs is 1. The molecule has 1 N–H and O–H groups in total. The molecule has 1 fully saturated rings. The molecule has 1 saturated heterocycles. The van der Waals surface area contributed by atoms with Crippen LogP contribution in [0.3, 0.4) is 0 Å². The predicted molar refractivity (Wildman–Crippen MR) is 107 cm³/mol. The zero-order valence-corrected chi connectivity index (χ0v) is 16.5. The van der Waals surface area contributed by atoms with Gasteiger partial charge in [0.2, 0.25) is 5.95 Å². The standard InChI is InChI=1S/C19H26N6OS/c1-15(25-7-3-17-16(14-25)4-12-27-17)13-22-19(26)24-10-8-23(9-11-24)18-20-5-2-6-21-18/h2,4-6,12,15H,3,7-11,13-14H2,1H3,(H,22,26)/t15-/m0/s1. The van der Waals surface area contributed by atoms with Gasteiger partial charge >= 0.3 is 6.03 Å². The summed E-state index contributed by atoms with van der Waals surface area (Å²) >= 11 is 1.86. The van der Waals surface area contributed by atoms with Crippen LogP contribution in [0.25, 0.3) is 0 Å². The van der Waals surface area contributed by atoms with Crippen LogP contribution in [0.4, 0.5) is 10.7 Å². The van der Waals surface area contributed by atoms with Gasteiger partial charge in [0.15, 0.2) is 0 Å². The quantitative estimate of drug-likeness (QED) is 0.868. The van der Waals surface area contributed by atoms with E-state index in [-0.39, 0.29) is 6.03 Å². The fraction of sp³-hybridized carbons (Fsp3) is 0.526. The Morgan fingerprint density at radius 1 is 1.22 bits per heavy atom. The topological polar surface area (TPSA) is 64.6 Å². The van der Waals surface area contributed by atoms with Crippen molar-refractivity contribution in [2.24, 2.45) is 0 Å². The van der Waals surface area contributed by atoms with Crippen molar-refractivity contribution in [2.75, 3.05) is 44.2 Å². The number of aromatic nitrogens is 2. The van der Waals surface area contributed by atoms with Crippen molar-refractivity contribution >= 4 is 23.3 Å². The van der Waals surface area contributed by atoms with Gasteiger partial charge in [0.1, 0.15) is 0 Å². The minimum atomic E-state index is 0.0312. The van der Waals surface area contributed by atoms with Gasteiger partial charge in [0.05, 0.1) is 0 Å². The summed E-state index contributed by atoms with van der Waals surface area (Å²) in [7, 11) is 0. The zero-order chi connectivity index (χ0) is 18.6. The average Bonchev–Trinajstić information content (AvgIpc) is 3.20. The molecule has 2 aromatic heterocycles. The molecule has 4 heterocycles. The van der Waals surface area contributed by atoms with Crippen molar-refractivity contribution in [3.8, 4) is 0 Å². The highest BCUT2D eigenvalue weighted by molar-refractivity contribution is 7.10. The summed E-state index contributed by atoms with van der Waals surface area (Å²) in [5.41, 5.74) is 1.45. The Balaban J connectivity index is 1.22. The molecule has 0 spiro atoms. The van der Waals surface area contributed by atoms with E-state index >= 15 is 0 Å². The van der Waals surface area contributed by atoms with Gasteiger partial charge in [-0.15, -0.1) is 11.3 Å². The van der Waals surface area contributed by atoms with Gasteiger partial charge in [-0.1, -0.05) is 0 Å². The monoisotopic (exact) mass is 386 g/mol. The summed E-state index contributed by atoms with van der Waals surface area (Å²) in [5, 5.41) is 5.30. The van der Waals surface area contributed by atoms with Gasteiger partial charge in [0, 0.05) is 69.1 Å². The molecule has 0 aromatic carbocycles. The van der Waals surface area contributed by atoms with Crippen LogP contribution in [-0.2, 0) is 13.0 Å². The first-order valence-electron chi connectivity index (χ1n) is 9.55. The molecule has 0 aliphatic carbocycles. The molecule has 2 amide bonds. The first-order valence-corrected chi connectivity index (χ1v) is 10.4. The maximum absolute atomic E-state index is 12.5. The van der Waals surface area contributed by atoms with Crippen LogP contribution in [-0.4, -0.2) is 71.1 Å². The highest BCUT2D eigenvalue weighted by Gasteiger charge is 2.25. The van der Waals surface area contributed by atoms with Crippen molar-refractivity contribution in [3.05, 3.63) is 40.3 Å². The van der Waals surface area contributed by atoms with E-state index in [4.69, 9.17) is 0 Å². The van der Waals surface area contributed by atoms with E-state index in [0.717, 1.165) is 38.5 Å². The highest BCUT2D eigenvalue weighted by atomic mass is 32.1. The molecule has 7 nitrogen and oxygen atoms in total. The van der Waals surface area contributed by atoms with Crippen molar-refractivity contribution in [1.82, 2.24) is 25.1 Å². The largest absolute Gasteiger partial charge is 0.337 e. The highest BCUT2D eigenvalue weighted by Crippen LogP contribution is 2.25. The van der Waals surface area contributed by atoms with E-state index in [1.54, 1.807) is 12.4 Å². The second kappa shape index (κ2) is 8.22. The van der Waals surface area contributed by atoms with E-state index < -0.39 is 0 Å². The predicted octanol–water partition coefficient (Wildman–Crippen LogP) is 1.82. The molecule has 0 bridgehead atoms. The van der Waals surface area contributed by atoms with Crippen LogP contribution in [0.2, 0.25) is 0 Å². The SMILES string of the molecule is C[C@@H](CNC(=O)N1CCN(c2ncccn2)CC1)N1CCc2sccc2C1. The number of nitrogens with one attached hydrogen (secondary N) is 1. The first-order chi connectivity index (χ1) is 13.2. The second-order valence-corrected chi connectivity index (χ2v) is 8.15. The number of carbonyl (C=O) groups is 1. The van der Waals surface area contributed by atoms with Crippen LogP contribution in [0.15, 0.2) is 29.9 Å². The smallest absolute Gasteiger partial charge is 0.317 e. The fourth-order valence-electron chi connectivity index (χ4n) is 3.69. The van der Waals surface area contributed by atoms with Crippen molar-refractivity contribution < 1.29 is 4.79 Å². The fourth-order valence-corrected chi connectivity index (χ4v) is 4.58. The summed E-state index contributed by atoms with van der Waals surface area (Å²) in [6.07, 6.45) is 4.62. The van der Waals surface area contributed by atoms with E-state index in [9.17, 15) is 4.79 Å². The van der Waals surface area contributed by atoms with Gasteiger partial charge in [0.25, 0.3) is 0 Å². The number of amides is 2. The maximum atomic E-state index is 12.5. The average molecular weight is 387 g/mol. The Morgan fingerprint density at radius 2 is 2.00 bits per heavy atom. The van der Waals surface area contributed by atoms with Crippen molar-refractivity contribution in [1.29, 1.82) is 0 Å². The Kier molecular flexibility index (Phi) is 5.54. The number of urea groups is 1. The lowest BCUT2D eigenvalue weighted by Gasteiger charge is -2.36. The minimum absolute atomic E-state index is 0.0312. The molecule has 0 saturated carbocycles. The van der Waals surface area contributed by atoms with Gasteiger partial charge in [-0.25, -0.2) is 14.8 Å². The molecule has 4 rings (SSSR count). The van der Waals surface area contributed by atoms with Gasteiger partial charge in [-0.3, -0.25) is 4.90 Å². The van der Waals surface area contributed by atoms with Crippen LogP contribution < -0.4 is 10.2 Å². The van der Waals surface area contributed by atoms with Crippen LogP contribution in [0.5, 0.6) is 0 Å². The van der Waals surface area contributed by atoms with Crippen LogP contribution in [0.1, 0.15) is 17.4 Å². The molecule has 2 aliphatic heterocycles. The summed E-state index contributed by atoms with van der Waals surface area (Å²) in [5.74, 6) is 0.740. The third-order valence-electron chi connectivity index (χ3n) is 5.41. The van der Waals surface area contributed by atoms with E-state index in [1.165, 1.54) is 10.4 Å². The minimum Gasteiger partial charge on any atom is -0.337 e. The lowest BCUT2D eigenvalue weighted by atomic mass is 10.1. The summed E-state index contributed by atoms with van der Waals surface area (Å²) < 4.78 is 0. The normalized spacial score (nSPS) is 18.9. The molecule has 27 heavy (non-hydrogen) atoms. The summed E-state index contributed by atoms with van der Waals surface area (Å²) in [6.45, 7) is 7.86. The van der Waals surface area contributed by atoms with Crippen LogP contribution >= 0.6 is 11.3 Å². The number of thiophene rings is 1. The molecule has 2 aromatic rings. The Bertz CT molecular complexity index is 759. The molecule has 0 unspecified atom stereocenters. The number of anilines is 1. The Labute approximate surface area is 164 Å². The molecule has 8 heteroatoms. The van der Waals surface area contributed by atoms with Gasteiger partial charge in [-0.05, 0) is 36.4 Å². The number of rotatable bonds is 4. The van der Waals surface area contributed by atoms with E-state index in [1.807, 2.05) is 22.3 Å². The number of nitrogens with zero attached hydrogens (tertiary/aromatic N) is 5. The van der Waals surface area contributed by atoms with E-state index in [2.05, 4.69) is 43.5 Å². The van der Waals surface area contributed by atoms with Gasteiger partial charge in [-0.2, -0.15) is 0 Å². The van der Waals surface area contributed by atoms with Crippen molar-refractivity contribution in [3.63, 3.8) is 0 Å². The maximum Gasteiger partial charge on any atom is 0.317 e. The van der Waals surface area contributed by atoms with Crippen LogP contribution in [0, 0.1) is 0 Å². The molecule has 2 aliphatic rings. The first kappa shape index (κ1) is 18.2. The Hall–Kier alpha value is -2.19.